The number of halogens is 4. The predicted molar refractivity (Wildman–Crippen MR) is 184 cm³/mol. The minimum Gasteiger partial charge on any atom is -0.426 e. The van der Waals surface area contributed by atoms with Crippen molar-refractivity contribution in [3.05, 3.63) is 77.9 Å². The van der Waals surface area contributed by atoms with E-state index in [1.807, 2.05) is 11.6 Å². The largest absolute Gasteiger partial charge is 0.426 e. The first-order chi connectivity index (χ1) is 24.9. The van der Waals surface area contributed by atoms with Crippen molar-refractivity contribution in [2.75, 3.05) is 36.5 Å². The van der Waals surface area contributed by atoms with Crippen LogP contribution in [0.25, 0.3) is 11.0 Å². The summed E-state index contributed by atoms with van der Waals surface area (Å²) in [5.41, 5.74) is -0.398. The number of amides is 1. The maximum atomic E-state index is 14.7. The zero-order valence-corrected chi connectivity index (χ0v) is 29.8. The summed E-state index contributed by atoms with van der Waals surface area (Å²) in [5.74, 6) is -6.94. The number of benzene rings is 3. The molecule has 0 radical (unpaired) electrons. The Hall–Kier alpha value is -4.58. The van der Waals surface area contributed by atoms with Crippen molar-refractivity contribution in [3.63, 3.8) is 0 Å². The average Bonchev–Trinajstić information content (AvgIpc) is 3.74. The van der Waals surface area contributed by atoms with Crippen LogP contribution < -0.4 is 14.4 Å². The molecule has 53 heavy (non-hydrogen) atoms. The number of alkyl halides is 3. The standard InChI is InChI=1S/C36H38F4N4O8S/c1-21-41-31-17-26(8-10-32(31)43(21)2)53(48,49)44(3)24-5-4-6-25(16-24)52-34(46)27-11-13-35(47,51-20-22-12-14-50-19-22)18-28(27)33(45)42-30-9-7-23(15-29(30)37)36(38,39)40/h4-10,15-17,22,27-28,47H,11-14,18-20H2,1-3H3,(H,42,45)/t22-,27-,28-,35+/m0/s1. The quantitative estimate of drug-likeness (QED) is 0.0916. The van der Waals surface area contributed by atoms with E-state index in [0.717, 1.165) is 15.9 Å². The van der Waals surface area contributed by atoms with Gasteiger partial charge in [-0.1, -0.05) is 6.07 Å². The van der Waals surface area contributed by atoms with Gasteiger partial charge < -0.3 is 29.2 Å². The molecule has 3 aromatic carbocycles. The summed E-state index contributed by atoms with van der Waals surface area (Å²) in [6.07, 6.45) is -4.69. The van der Waals surface area contributed by atoms with E-state index >= 15 is 0 Å². The monoisotopic (exact) mass is 762 g/mol. The Balaban J connectivity index is 1.21. The highest BCUT2D eigenvalue weighted by molar-refractivity contribution is 7.92. The van der Waals surface area contributed by atoms with Gasteiger partial charge in [0.25, 0.3) is 10.0 Å². The van der Waals surface area contributed by atoms with Crippen LogP contribution in [-0.4, -0.2) is 67.6 Å². The summed E-state index contributed by atoms with van der Waals surface area (Å²) in [6.45, 7) is 2.88. The van der Waals surface area contributed by atoms with Crippen molar-refractivity contribution in [3.8, 4) is 5.75 Å². The average molecular weight is 763 g/mol. The maximum Gasteiger partial charge on any atom is 0.416 e. The normalized spacial score (nSPS) is 22.2. The van der Waals surface area contributed by atoms with Crippen LogP contribution >= 0.6 is 0 Å². The SMILES string of the molecule is Cc1nc2cc(S(=O)(=O)N(C)c3cccc(OC(=O)[C@H]4CC[C@@](O)(OC[C@H]5CCOC5)C[C@@H]4C(=O)Nc4ccc(C(F)(F)F)cc4F)c3)ccc2n1C. The molecule has 2 aliphatic rings. The van der Waals surface area contributed by atoms with Gasteiger partial charge in [0.05, 0.1) is 57.9 Å². The molecule has 2 heterocycles. The van der Waals surface area contributed by atoms with E-state index in [1.165, 1.54) is 43.4 Å². The second kappa shape index (κ2) is 14.7. The number of anilines is 2. The van der Waals surface area contributed by atoms with Crippen LogP contribution in [0.15, 0.2) is 65.6 Å². The lowest BCUT2D eigenvalue weighted by Gasteiger charge is -2.40. The lowest BCUT2D eigenvalue weighted by molar-refractivity contribution is -0.239. The van der Waals surface area contributed by atoms with Crippen molar-refractivity contribution in [1.29, 1.82) is 0 Å². The molecular formula is C36H38F4N4O8S. The third kappa shape index (κ3) is 8.17. The Morgan fingerprint density at radius 2 is 1.89 bits per heavy atom. The van der Waals surface area contributed by atoms with Gasteiger partial charge in [0.15, 0.2) is 5.79 Å². The molecule has 2 N–H and O–H groups in total. The first-order valence-corrected chi connectivity index (χ1v) is 18.2. The summed E-state index contributed by atoms with van der Waals surface area (Å²) in [6, 6.07) is 11.9. The Bertz CT molecular complexity index is 2140. The first kappa shape index (κ1) is 38.2. The number of esters is 1. The van der Waals surface area contributed by atoms with E-state index in [9.17, 15) is 40.7 Å². The zero-order valence-electron chi connectivity index (χ0n) is 29.0. The van der Waals surface area contributed by atoms with Gasteiger partial charge in [-0.25, -0.2) is 17.8 Å². The number of aryl methyl sites for hydroxylation is 2. The number of hydrogen-bond acceptors (Lipinski definition) is 9. The molecule has 1 aliphatic carbocycles. The number of nitrogens with zero attached hydrogens (tertiary/aromatic N) is 3. The van der Waals surface area contributed by atoms with E-state index in [1.54, 1.807) is 13.0 Å². The van der Waals surface area contributed by atoms with E-state index in [2.05, 4.69) is 10.3 Å². The maximum absolute atomic E-state index is 14.7. The summed E-state index contributed by atoms with van der Waals surface area (Å²) < 4.78 is 101. The number of sulfonamides is 1. The van der Waals surface area contributed by atoms with E-state index in [0.29, 0.717) is 37.0 Å². The van der Waals surface area contributed by atoms with Crippen LogP contribution in [0.3, 0.4) is 0 Å². The van der Waals surface area contributed by atoms with E-state index in [-0.39, 0.29) is 47.8 Å². The Morgan fingerprint density at radius 3 is 2.58 bits per heavy atom. The molecule has 1 saturated carbocycles. The van der Waals surface area contributed by atoms with Crippen LogP contribution in [0, 0.1) is 30.5 Å². The molecule has 4 aromatic rings. The van der Waals surface area contributed by atoms with Crippen molar-refractivity contribution in [2.45, 2.75) is 49.5 Å². The fraction of sp³-hybridized carbons (Fsp3) is 0.417. The molecular weight excluding hydrogens is 724 g/mol. The molecule has 0 spiro atoms. The molecule has 1 saturated heterocycles. The molecule has 0 bridgehead atoms. The van der Waals surface area contributed by atoms with Crippen molar-refractivity contribution in [2.24, 2.45) is 24.8 Å². The molecule has 0 unspecified atom stereocenters. The number of ether oxygens (including phenoxy) is 3. The minimum absolute atomic E-state index is 0.00607. The lowest BCUT2D eigenvalue weighted by atomic mass is 9.75. The fourth-order valence-electron chi connectivity index (χ4n) is 6.56. The fourth-order valence-corrected chi connectivity index (χ4v) is 7.76. The van der Waals surface area contributed by atoms with Crippen molar-refractivity contribution >= 4 is 44.3 Å². The van der Waals surface area contributed by atoms with Gasteiger partial charge in [-0.2, -0.15) is 13.2 Å². The van der Waals surface area contributed by atoms with Gasteiger partial charge in [0, 0.05) is 45.5 Å². The zero-order chi connectivity index (χ0) is 38.3. The van der Waals surface area contributed by atoms with Crippen LogP contribution in [-0.2, 0) is 42.3 Å². The topological polar surface area (TPSA) is 149 Å². The number of aromatic nitrogens is 2. The molecule has 1 amide bonds. The lowest BCUT2D eigenvalue weighted by Crippen LogP contribution is -2.48. The highest BCUT2D eigenvalue weighted by Crippen LogP contribution is 2.40. The van der Waals surface area contributed by atoms with Gasteiger partial charge in [-0.05, 0) is 68.3 Å². The number of carbonyl (C=O) groups is 2. The van der Waals surface area contributed by atoms with Gasteiger partial charge >= 0.3 is 12.1 Å². The summed E-state index contributed by atoms with van der Waals surface area (Å²) in [4.78, 5) is 31.7. The number of aliphatic hydroxyl groups is 1. The molecule has 1 aliphatic heterocycles. The minimum atomic E-state index is -4.82. The molecule has 284 valence electrons. The third-order valence-corrected chi connectivity index (χ3v) is 11.6. The number of rotatable bonds is 10. The van der Waals surface area contributed by atoms with Crippen LogP contribution in [0.2, 0.25) is 0 Å². The van der Waals surface area contributed by atoms with E-state index in [4.69, 9.17) is 14.2 Å². The number of fused-ring (bicyclic) bond motifs is 1. The first-order valence-electron chi connectivity index (χ1n) is 16.8. The Kier molecular flexibility index (Phi) is 10.6. The molecule has 4 atom stereocenters. The highest BCUT2D eigenvalue weighted by atomic mass is 32.2. The van der Waals surface area contributed by atoms with E-state index < -0.39 is 69.2 Å². The number of nitrogens with one attached hydrogen (secondary N) is 1. The van der Waals surface area contributed by atoms with Crippen LogP contribution in [0.5, 0.6) is 5.75 Å². The van der Waals surface area contributed by atoms with Gasteiger partial charge in [-0.15, -0.1) is 0 Å². The van der Waals surface area contributed by atoms with Crippen LogP contribution in [0.4, 0.5) is 28.9 Å². The van der Waals surface area contributed by atoms with Gasteiger partial charge in [0.1, 0.15) is 17.4 Å². The molecule has 17 heteroatoms. The highest BCUT2D eigenvalue weighted by Gasteiger charge is 2.48. The van der Waals surface area contributed by atoms with Gasteiger partial charge in [0.2, 0.25) is 5.91 Å². The van der Waals surface area contributed by atoms with Gasteiger partial charge in [-0.3, -0.25) is 13.9 Å². The summed E-state index contributed by atoms with van der Waals surface area (Å²) in [7, 11) is -0.937. The molecule has 6 rings (SSSR count). The Morgan fingerprint density at radius 1 is 1.11 bits per heavy atom. The second-order valence-corrected chi connectivity index (χ2v) is 15.4. The molecule has 12 nitrogen and oxygen atoms in total. The predicted octanol–water partition coefficient (Wildman–Crippen LogP) is 5.57. The van der Waals surface area contributed by atoms with Crippen molar-refractivity contribution in [1.82, 2.24) is 9.55 Å². The van der Waals surface area contributed by atoms with Crippen LogP contribution in [0.1, 0.15) is 37.1 Å². The summed E-state index contributed by atoms with van der Waals surface area (Å²) >= 11 is 0. The second-order valence-electron chi connectivity index (χ2n) is 13.4. The molecule has 1 aromatic heterocycles. The Labute approximate surface area is 302 Å². The smallest absolute Gasteiger partial charge is 0.416 e. The summed E-state index contributed by atoms with van der Waals surface area (Å²) in [5, 5.41) is 13.6. The van der Waals surface area contributed by atoms with Crippen molar-refractivity contribution < 1.29 is 54.9 Å². The number of imidazole rings is 1. The number of carbonyl (C=O) groups excluding carboxylic acids is 2. The number of hydrogen-bond donors (Lipinski definition) is 2. The third-order valence-electron chi connectivity index (χ3n) is 9.81. The molecule has 2 fully saturated rings.